The summed E-state index contributed by atoms with van der Waals surface area (Å²) in [6.07, 6.45) is 0. The van der Waals surface area contributed by atoms with Crippen LogP contribution in [0.2, 0.25) is 0 Å². The Balaban J connectivity index is 0.544. The van der Waals surface area contributed by atoms with E-state index in [1.54, 1.807) is 0 Å². The molecular formula is C105H71N3O2. The van der Waals surface area contributed by atoms with Crippen molar-refractivity contribution in [1.29, 1.82) is 0 Å². The van der Waals surface area contributed by atoms with Crippen molar-refractivity contribution >= 4 is 99.8 Å². The van der Waals surface area contributed by atoms with Crippen molar-refractivity contribution in [3.8, 4) is 94.7 Å². The Bertz CT molecular complexity index is 6770. The lowest BCUT2D eigenvalue weighted by Crippen LogP contribution is -2.16. The lowest BCUT2D eigenvalue weighted by atomic mass is 9.82. The van der Waals surface area contributed by atoms with E-state index in [-0.39, 0.29) is 5.41 Å². The molecule has 0 amide bonds. The molecule has 17 aromatic carbocycles. The summed E-state index contributed by atoms with van der Waals surface area (Å²) in [7, 11) is 0. The van der Waals surface area contributed by atoms with Crippen molar-refractivity contribution < 1.29 is 8.83 Å². The van der Waals surface area contributed by atoms with E-state index < -0.39 is 0 Å². The lowest BCUT2D eigenvalue weighted by molar-refractivity contribution is 0.660. The van der Waals surface area contributed by atoms with E-state index in [2.05, 4.69) is 398 Å². The second-order valence-corrected chi connectivity index (χ2v) is 29.5. The topological polar surface area (TPSA) is 37.7 Å². The quantitative estimate of drug-likeness (QED) is 0.109. The van der Waals surface area contributed by atoms with Crippen molar-refractivity contribution in [1.82, 2.24) is 4.57 Å². The largest absolute Gasteiger partial charge is 0.455 e. The third-order valence-corrected chi connectivity index (χ3v) is 22.9. The highest BCUT2D eigenvalue weighted by atomic mass is 16.3. The maximum atomic E-state index is 6.50. The van der Waals surface area contributed by atoms with Gasteiger partial charge in [-0.25, -0.2) is 0 Å². The molecule has 20 aromatic rings. The molecule has 3 heterocycles. The van der Waals surface area contributed by atoms with Gasteiger partial charge in [0.2, 0.25) is 0 Å². The van der Waals surface area contributed by atoms with Crippen LogP contribution in [0.15, 0.2) is 403 Å². The summed E-state index contributed by atoms with van der Waals surface area (Å²) >= 11 is 0. The normalized spacial score (nSPS) is 12.3. The fourth-order valence-corrected chi connectivity index (χ4v) is 17.3. The van der Waals surface area contributed by atoms with Crippen molar-refractivity contribution in [2.24, 2.45) is 0 Å². The standard InChI is InChI=1S/C105H71N3O2/c1-105(2)97-29-10-6-21-89(97)90-63-62-86(67-98(90)105)107(85-56-45-74(46-57-85)79-51-64-100-96(66-79)91-22-7-11-30-99(91)108(100)80-19-4-3-5-20-80)84-54-43-71(44-55-84)69-35-39-73(40-36-69)78-18-14-17-77(65-78)72-37-33-68(34-38-72)70-41-52-81(53-42-70)106(82-58-47-75(48-59-82)87-25-15-27-94-92-23-8-12-31-101(92)109-103(87)94)83-60-49-76(50-61-83)88-26-16-28-95-93-24-9-13-32-102(93)110-104(88)95/h3-67H,1-2H3. The van der Waals surface area contributed by atoms with Crippen LogP contribution in [-0.2, 0) is 5.41 Å². The van der Waals surface area contributed by atoms with E-state index in [1.165, 1.54) is 71.9 Å². The van der Waals surface area contributed by atoms with Gasteiger partial charge in [0.05, 0.1) is 11.0 Å². The van der Waals surface area contributed by atoms with Gasteiger partial charge in [0.1, 0.15) is 22.3 Å². The molecule has 1 aliphatic carbocycles. The van der Waals surface area contributed by atoms with Crippen LogP contribution in [-0.4, -0.2) is 4.57 Å². The number of furan rings is 2. The van der Waals surface area contributed by atoms with Crippen LogP contribution < -0.4 is 9.80 Å². The van der Waals surface area contributed by atoms with Crippen LogP contribution in [0, 0.1) is 0 Å². The summed E-state index contributed by atoms with van der Waals surface area (Å²) < 4.78 is 15.4. The summed E-state index contributed by atoms with van der Waals surface area (Å²) in [6.45, 7) is 4.72. The number of anilines is 6. The molecule has 518 valence electrons. The van der Waals surface area contributed by atoms with E-state index in [4.69, 9.17) is 8.83 Å². The highest BCUT2D eigenvalue weighted by Gasteiger charge is 2.36. The number of benzene rings is 17. The Kier molecular flexibility index (Phi) is 15.2. The van der Waals surface area contributed by atoms with Crippen molar-refractivity contribution in [2.45, 2.75) is 19.3 Å². The van der Waals surface area contributed by atoms with Crippen LogP contribution in [0.5, 0.6) is 0 Å². The molecule has 110 heavy (non-hydrogen) atoms. The van der Waals surface area contributed by atoms with Crippen LogP contribution in [0.25, 0.3) is 160 Å². The molecule has 0 atom stereocenters. The Morgan fingerprint density at radius 2 is 0.564 bits per heavy atom. The van der Waals surface area contributed by atoms with Gasteiger partial charge in [-0.1, -0.05) is 287 Å². The Hall–Kier alpha value is -14.3. The second-order valence-electron chi connectivity index (χ2n) is 29.5. The smallest absolute Gasteiger partial charge is 0.143 e. The zero-order valence-corrected chi connectivity index (χ0v) is 60.7. The maximum absolute atomic E-state index is 6.50. The molecule has 21 rings (SSSR count). The third kappa shape index (κ3) is 10.9. The predicted octanol–water partition coefficient (Wildman–Crippen LogP) is 29.5. The highest BCUT2D eigenvalue weighted by Crippen LogP contribution is 2.52. The molecule has 0 saturated heterocycles. The van der Waals surface area contributed by atoms with Crippen LogP contribution in [0.1, 0.15) is 25.0 Å². The Labute approximate surface area is 638 Å². The van der Waals surface area contributed by atoms with E-state index in [0.29, 0.717) is 0 Å². The number of fused-ring (bicyclic) bond motifs is 12. The molecule has 5 nitrogen and oxygen atoms in total. The number of nitrogens with zero attached hydrogens (tertiary/aromatic N) is 3. The summed E-state index contributed by atoms with van der Waals surface area (Å²) in [4.78, 5) is 4.75. The second kappa shape index (κ2) is 26.1. The van der Waals surface area contributed by atoms with E-state index in [0.717, 1.165) is 134 Å². The third-order valence-electron chi connectivity index (χ3n) is 22.9. The predicted molar refractivity (Wildman–Crippen MR) is 460 cm³/mol. The molecule has 0 N–H and O–H groups in total. The van der Waals surface area contributed by atoms with Crippen LogP contribution >= 0.6 is 0 Å². The first-order valence-corrected chi connectivity index (χ1v) is 37.8. The van der Waals surface area contributed by atoms with E-state index in [1.807, 2.05) is 24.3 Å². The Morgan fingerprint density at radius 3 is 1.07 bits per heavy atom. The summed E-state index contributed by atoms with van der Waals surface area (Å²) in [6, 6.07) is 143. The SMILES string of the molecule is CC1(C)c2ccccc2-c2ccc(N(c3ccc(-c4ccc(-c5cccc(-c6ccc(-c7ccc(N(c8ccc(-c9cccc%10c9oc9ccccc9%10)cc8)c8ccc(-c9cccc%10c9oc9ccccc9%10)cc8)cc7)cc6)c5)cc4)cc3)c3ccc(-c4ccc5c(c4)c4ccccc4n5-c4ccccc4)cc3)cc21. The molecule has 3 aromatic heterocycles. The fraction of sp³-hybridized carbons (Fsp3) is 0.0286. The molecule has 0 saturated carbocycles. The first kappa shape index (κ1) is 64.1. The lowest BCUT2D eigenvalue weighted by Gasteiger charge is -2.28. The monoisotopic (exact) mass is 1410 g/mol. The van der Waals surface area contributed by atoms with Crippen LogP contribution in [0.3, 0.4) is 0 Å². The molecule has 0 spiro atoms. The van der Waals surface area contributed by atoms with Crippen molar-refractivity contribution in [2.75, 3.05) is 9.80 Å². The molecule has 0 fully saturated rings. The first-order valence-electron chi connectivity index (χ1n) is 37.8. The fourth-order valence-electron chi connectivity index (χ4n) is 17.3. The molecule has 0 unspecified atom stereocenters. The molecule has 1 aliphatic rings. The van der Waals surface area contributed by atoms with Gasteiger partial charge >= 0.3 is 0 Å². The minimum absolute atomic E-state index is 0.149. The number of hydrogen-bond donors (Lipinski definition) is 0. The number of hydrogen-bond acceptors (Lipinski definition) is 4. The number of para-hydroxylation sites is 6. The van der Waals surface area contributed by atoms with Crippen molar-refractivity contribution in [3.63, 3.8) is 0 Å². The number of aromatic nitrogens is 1. The summed E-state index contributed by atoms with van der Waals surface area (Å²) in [5.41, 5.74) is 34.7. The molecular weight excluding hydrogens is 1340 g/mol. The average molecular weight is 1410 g/mol. The molecule has 5 heteroatoms. The minimum Gasteiger partial charge on any atom is -0.455 e. The van der Waals surface area contributed by atoms with Gasteiger partial charge in [-0.15, -0.1) is 0 Å². The van der Waals surface area contributed by atoms with Gasteiger partial charge < -0.3 is 23.2 Å². The highest BCUT2D eigenvalue weighted by molar-refractivity contribution is 6.12. The van der Waals surface area contributed by atoms with Gasteiger partial charge in [-0.2, -0.15) is 0 Å². The van der Waals surface area contributed by atoms with Gasteiger partial charge in [0.15, 0.2) is 0 Å². The van der Waals surface area contributed by atoms with Gasteiger partial charge in [-0.3, -0.25) is 0 Å². The molecule has 0 radical (unpaired) electrons. The summed E-state index contributed by atoms with van der Waals surface area (Å²) in [5, 5.41) is 6.96. The maximum Gasteiger partial charge on any atom is 0.143 e. The average Bonchev–Trinajstić information content (AvgIpc) is 1.57. The minimum atomic E-state index is -0.149. The van der Waals surface area contributed by atoms with Crippen molar-refractivity contribution in [3.05, 3.63) is 405 Å². The number of rotatable bonds is 14. The van der Waals surface area contributed by atoms with Crippen LogP contribution in [0.4, 0.5) is 34.1 Å². The van der Waals surface area contributed by atoms with E-state index in [9.17, 15) is 0 Å². The zero-order valence-electron chi connectivity index (χ0n) is 60.7. The van der Waals surface area contributed by atoms with E-state index >= 15 is 0 Å². The molecule has 0 aliphatic heterocycles. The molecule has 0 bridgehead atoms. The van der Waals surface area contributed by atoms with Gasteiger partial charge in [0.25, 0.3) is 0 Å². The summed E-state index contributed by atoms with van der Waals surface area (Å²) in [5.74, 6) is 0. The van der Waals surface area contributed by atoms with Gasteiger partial charge in [-0.05, 0) is 210 Å². The van der Waals surface area contributed by atoms with Gasteiger partial charge in [0, 0.05) is 88.7 Å². The Morgan fingerprint density at radius 1 is 0.218 bits per heavy atom. The zero-order chi connectivity index (χ0) is 73.0. The first-order chi connectivity index (χ1) is 54.3.